The molecule has 2 rings (SSSR count). The van der Waals surface area contributed by atoms with Crippen LogP contribution in [0.2, 0.25) is 0 Å². The minimum atomic E-state index is -0.286. The van der Waals surface area contributed by atoms with Gasteiger partial charge in [0.15, 0.2) is 5.82 Å². The maximum atomic E-state index is 11.9. The van der Waals surface area contributed by atoms with Crippen molar-refractivity contribution in [3.63, 3.8) is 0 Å². The highest BCUT2D eigenvalue weighted by atomic mass is 16.3. The molecule has 0 bridgehead atoms. The number of aliphatic hydroxyl groups excluding tert-OH is 1. The number of aromatic nitrogens is 2. The van der Waals surface area contributed by atoms with Crippen LogP contribution in [0.25, 0.3) is 0 Å². The average molecular weight is 264 g/mol. The van der Waals surface area contributed by atoms with Gasteiger partial charge >= 0.3 is 6.03 Å². The molecule has 104 valence electrons. The monoisotopic (exact) mass is 264 g/mol. The molecule has 1 saturated carbocycles. The van der Waals surface area contributed by atoms with Gasteiger partial charge < -0.3 is 10.4 Å². The van der Waals surface area contributed by atoms with E-state index in [1.165, 1.54) is 6.42 Å². The van der Waals surface area contributed by atoms with Gasteiger partial charge in [0, 0.05) is 24.8 Å². The lowest BCUT2D eigenvalue weighted by Crippen LogP contribution is -2.43. The molecule has 1 aromatic rings. The Kier molecular flexibility index (Phi) is 5.09. The Hall–Kier alpha value is -1.69. The van der Waals surface area contributed by atoms with E-state index < -0.39 is 0 Å². The maximum Gasteiger partial charge on any atom is 0.320 e. The quantitative estimate of drug-likeness (QED) is 0.723. The summed E-state index contributed by atoms with van der Waals surface area (Å²) in [6, 6.07) is 3.14. The molecule has 1 aliphatic carbocycles. The second-order valence-electron chi connectivity index (χ2n) is 4.89. The second kappa shape index (κ2) is 7.04. The topological polar surface area (TPSA) is 87.1 Å². The van der Waals surface area contributed by atoms with E-state index in [0.29, 0.717) is 5.82 Å². The van der Waals surface area contributed by atoms with Crippen molar-refractivity contribution in [1.82, 2.24) is 15.5 Å². The number of hydrogen-bond acceptors (Lipinski definition) is 4. The van der Waals surface area contributed by atoms with Gasteiger partial charge in [0.25, 0.3) is 0 Å². The molecular weight excluding hydrogens is 244 g/mol. The minimum absolute atomic E-state index is 0.0316. The van der Waals surface area contributed by atoms with Crippen LogP contribution in [0.15, 0.2) is 18.3 Å². The van der Waals surface area contributed by atoms with Gasteiger partial charge in [-0.25, -0.2) is 4.79 Å². The normalized spacial score (nSPS) is 23.4. The Morgan fingerprint density at radius 3 is 2.95 bits per heavy atom. The van der Waals surface area contributed by atoms with Gasteiger partial charge in [0.05, 0.1) is 0 Å². The summed E-state index contributed by atoms with van der Waals surface area (Å²) in [4.78, 5) is 11.9. The van der Waals surface area contributed by atoms with Crippen LogP contribution in [-0.4, -0.2) is 34.0 Å². The van der Waals surface area contributed by atoms with E-state index in [1.807, 2.05) is 0 Å². The van der Waals surface area contributed by atoms with Crippen molar-refractivity contribution in [1.29, 1.82) is 0 Å². The Balaban J connectivity index is 1.89. The standard InChI is InChI=1S/C13H20N4O2/c18-9-10-5-2-1-3-6-11(10)15-13(19)16-12-7-4-8-14-17-12/h4,7-8,10-11,18H,1-3,5-6,9H2,(H2,15,16,17,19). The first kappa shape index (κ1) is 13.7. The Labute approximate surface area is 112 Å². The largest absolute Gasteiger partial charge is 0.396 e. The molecule has 1 aromatic heterocycles. The fourth-order valence-electron chi connectivity index (χ4n) is 2.48. The van der Waals surface area contributed by atoms with E-state index >= 15 is 0 Å². The zero-order valence-electron chi connectivity index (χ0n) is 10.9. The van der Waals surface area contributed by atoms with E-state index in [-0.39, 0.29) is 24.6 Å². The van der Waals surface area contributed by atoms with Crippen LogP contribution in [0, 0.1) is 5.92 Å². The van der Waals surface area contributed by atoms with Crippen molar-refractivity contribution >= 4 is 11.8 Å². The van der Waals surface area contributed by atoms with Gasteiger partial charge in [-0.1, -0.05) is 19.3 Å². The number of nitrogens with one attached hydrogen (secondary N) is 2. The van der Waals surface area contributed by atoms with Crippen LogP contribution >= 0.6 is 0 Å². The third-order valence-corrected chi connectivity index (χ3v) is 3.52. The number of nitrogens with zero attached hydrogens (tertiary/aromatic N) is 2. The summed E-state index contributed by atoms with van der Waals surface area (Å²) >= 11 is 0. The Bertz CT molecular complexity index is 399. The van der Waals surface area contributed by atoms with Crippen molar-refractivity contribution in [3.05, 3.63) is 18.3 Å². The first-order chi connectivity index (χ1) is 9.29. The Morgan fingerprint density at radius 2 is 2.21 bits per heavy atom. The van der Waals surface area contributed by atoms with Crippen LogP contribution in [0.4, 0.5) is 10.6 Å². The van der Waals surface area contributed by atoms with Crippen LogP contribution in [0.3, 0.4) is 0 Å². The summed E-state index contributed by atoms with van der Waals surface area (Å²) < 4.78 is 0. The lowest BCUT2D eigenvalue weighted by Gasteiger charge is -2.24. The Morgan fingerprint density at radius 1 is 1.37 bits per heavy atom. The molecule has 1 aliphatic rings. The molecule has 6 nitrogen and oxygen atoms in total. The summed E-state index contributed by atoms with van der Waals surface area (Å²) in [5.41, 5.74) is 0. The fraction of sp³-hybridized carbons (Fsp3) is 0.615. The molecule has 0 spiro atoms. The van der Waals surface area contributed by atoms with Gasteiger partial charge in [-0.15, -0.1) is 5.10 Å². The van der Waals surface area contributed by atoms with E-state index in [9.17, 15) is 9.90 Å². The predicted molar refractivity (Wildman–Crippen MR) is 71.6 cm³/mol. The lowest BCUT2D eigenvalue weighted by molar-refractivity contribution is 0.182. The molecule has 0 aromatic carbocycles. The molecule has 19 heavy (non-hydrogen) atoms. The van der Waals surface area contributed by atoms with Crippen LogP contribution in [0.5, 0.6) is 0 Å². The summed E-state index contributed by atoms with van der Waals surface area (Å²) in [5, 5.41) is 22.5. The van der Waals surface area contributed by atoms with E-state index in [1.54, 1.807) is 18.3 Å². The molecule has 0 saturated heterocycles. The number of urea groups is 1. The number of anilines is 1. The van der Waals surface area contributed by atoms with Gasteiger partial charge in [-0.05, 0) is 25.0 Å². The lowest BCUT2D eigenvalue weighted by atomic mass is 9.96. The molecule has 1 fully saturated rings. The third kappa shape index (κ3) is 4.17. The molecule has 2 atom stereocenters. The number of hydrogen-bond donors (Lipinski definition) is 3. The fourth-order valence-corrected chi connectivity index (χ4v) is 2.48. The third-order valence-electron chi connectivity index (χ3n) is 3.52. The number of aliphatic hydroxyl groups is 1. The van der Waals surface area contributed by atoms with Crippen molar-refractivity contribution in [2.45, 2.75) is 38.1 Å². The van der Waals surface area contributed by atoms with Crippen LogP contribution in [-0.2, 0) is 0 Å². The van der Waals surface area contributed by atoms with E-state index in [0.717, 1.165) is 25.7 Å². The highest BCUT2D eigenvalue weighted by Gasteiger charge is 2.24. The van der Waals surface area contributed by atoms with Gasteiger partial charge in [0.2, 0.25) is 0 Å². The van der Waals surface area contributed by atoms with Crippen LogP contribution < -0.4 is 10.6 Å². The van der Waals surface area contributed by atoms with Crippen molar-refractivity contribution < 1.29 is 9.90 Å². The van der Waals surface area contributed by atoms with Gasteiger partial charge in [-0.2, -0.15) is 5.10 Å². The highest BCUT2D eigenvalue weighted by molar-refractivity contribution is 5.88. The smallest absolute Gasteiger partial charge is 0.320 e. The molecule has 0 aliphatic heterocycles. The van der Waals surface area contributed by atoms with Crippen molar-refractivity contribution in [2.75, 3.05) is 11.9 Å². The molecule has 0 radical (unpaired) electrons. The number of rotatable bonds is 3. The molecule has 6 heteroatoms. The van der Waals surface area contributed by atoms with Crippen molar-refractivity contribution in [3.8, 4) is 0 Å². The van der Waals surface area contributed by atoms with Crippen LogP contribution in [0.1, 0.15) is 32.1 Å². The summed E-state index contributed by atoms with van der Waals surface area (Å²) in [7, 11) is 0. The molecular formula is C13H20N4O2. The molecule has 2 amide bonds. The summed E-state index contributed by atoms with van der Waals surface area (Å²) in [6.07, 6.45) is 6.81. The zero-order valence-corrected chi connectivity index (χ0v) is 10.9. The summed E-state index contributed by atoms with van der Waals surface area (Å²) in [6.45, 7) is 0.121. The summed E-state index contributed by atoms with van der Waals surface area (Å²) in [5.74, 6) is 0.573. The number of carbonyl (C=O) groups is 1. The van der Waals surface area contributed by atoms with E-state index in [2.05, 4.69) is 20.8 Å². The molecule has 3 N–H and O–H groups in total. The van der Waals surface area contributed by atoms with Gasteiger partial charge in [0.1, 0.15) is 0 Å². The second-order valence-corrected chi connectivity index (χ2v) is 4.89. The van der Waals surface area contributed by atoms with E-state index in [4.69, 9.17) is 0 Å². The predicted octanol–water partition coefficient (Wildman–Crippen LogP) is 1.54. The number of amides is 2. The van der Waals surface area contributed by atoms with Crippen molar-refractivity contribution in [2.24, 2.45) is 5.92 Å². The zero-order chi connectivity index (χ0) is 13.5. The average Bonchev–Trinajstić information content (AvgIpc) is 2.64. The van der Waals surface area contributed by atoms with Gasteiger partial charge in [-0.3, -0.25) is 5.32 Å². The number of carbonyl (C=O) groups excluding carboxylic acids is 1. The highest BCUT2D eigenvalue weighted by Crippen LogP contribution is 2.23. The molecule has 2 unspecified atom stereocenters. The SMILES string of the molecule is O=C(Nc1cccnn1)NC1CCCCCC1CO. The first-order valence-electron chi connectivity index (χ1n) is 6.75. The first-order valence-corrected chi connectivity index (χ1v) is 6.75. The minimum Gasteiger partial charge on any atom is -0.396 e. The molecule has 1 heterocycles. The maximum absolute atomic E-state index is 11.9.